The fourth-order valence-electron chi connectivity index (χ4n) is 2.80. The number of hydrogen-bond donors (Lipinski definition) is 2. The van der Waals surface area contributed by atoms with E-state index in [-0.39, 0.29) is 6.04 Å². The highest BCUT2D eigenvalue weighted by atomic mass is 32.1. The number of rotatable bonds is 4. The molecule has 3 aromatic rings. The summed E-state index contributed by atoms with van der Waals surface area (Å²) >= 11 is 1.80. The van der Waals surface area contributed by atoms with E-state index in [0.29, 0.717) is 0 Å². The topological polar surface area (TPSA) is 38.0 Å². The number of hydrogen-bond acceptors (Lipinski definition) is 3. The average Bonchev–Trinajstić information content (AvgIpc) is 2.91. The highest BCUT2D eigenvalue weighted by molar-refractivity contribution is 7.17. The van der Waals surface area contributed by atoms with Crippen molar-refractivity contribution in [3.8, 4) is 0 Å². The maximum Gasteiger partial charge on any atom is 0.0503 e. The lowest BCUT2D eigenvalue weighted by Crippen LogP contribution is -2.30. The smallest absolute Gasteiger partial charge is 0.0503 e. The van der Waals surface area contributed by atoms with Gasteiger partial charge in [0.1, 0.15) is 0 Å². The van der Waals surface area contributed by atoms with E-state index < -0.39 is 0 Å². The van der Waals surface area contributed by atoms with Crippen molar-refractivity contribution in [1.82, 2.24) is 5.43 Å². The molecule has 1 aromatic heterocycles. The zero-order valence-electron chi connectivity index (χ0n) is 12.4. The number of thiophene rings is 1. The quantitative estimate of drug-likeness (QED) is 0.557. The van der Waals surface area contributed by atoms with E-state index in [1.165, 1.54) is 32.3 Å². The Bertz CT molecular complexity index is 761. The second kappa shape index (κ2) is 5.98. The molecule has 2 aromatic carbocycles. The molecule has 3 rings (SSSR count). The summed E-state index contributed by atoms with van der Waals surface area (Å²) in [6.45, 7) is 4.27. The van der Waals surface area contributed by atoms with Gasteiger partial charge in [-0.15, -0.1) is 11.3 Å². The largest absolute Gasteiger partial charge is 0.271 e. The molecule has 0 aliphatic carbocycles. The molecule has 1 atom stereocenters. The van der Waals surface area contributed by atoms with Crippen LogP contribution in [0.15, 0.2) is 47.8 Å². The van der Waals surface area contributed by atoms with Gasteiger partial charge in [-0.2, -0.15) is 0 Å². The van der Waals surface area contributed by atoms with E-state index in [2.05, 4.69) is 67.1 Å². The van der Waals surface area contributed by atoms with Crippen LogP contribution in [0.2, 0.25) is 0 Å². The highest BCUT2D eigenvalue weighted by Crippen LogP contribution is 2.30. The molecule has 0 saturated heterocycles. The molecule has 21 heavy (non-hydrogen) atoms. The third-order valence-corrected chi connectivity index (χ3v) is 5.01. The van der Waals surface area contributed by atoms with Crippen LogP contribution in [-0.2, 0) is 6.42 Å². The first-order valence-electron chi connectivity index (χ1n) is 7.17. The Kier molecular flexibility index (Phi) is 4.06. The van der Waals surface area contributed by atoms with Crippen molar-refractivity contribution in [3.63, 3.8) is 0 Å². The molecule has 0 aliphatic heterocycles. The van der Waals surface area contributed by atoms with Crippen molar-refractivity contribution in [2.75, 3.05) is 0 Å². The van der Waals surface area contributed by atoms with Crippen LogP contribution in [0.4, 0.5) is 0 Å². The monoisotopic (exact) mass is 296 g/mol. The van der Waals surface area contributed by atoms with Gasteiger partial charge in [0, 0.05) is 4.70 Å². The summed E-state index contributed by atoms with van der Waals surface area (Å²) in [6.07, 6.45) is 0.908. The van der Waals surface area contributed by atoms with Gasteiger partial charge in [-0.3, -0.25) is 11.3 Å². The van der Waals surface area contributed by atoms with E-state index in [1.54, 1.807) is 11.3 Å². The minimum atomic E-state index is 0.142. The lowest BCUT2D eigenvalue weighted by atomic mass is 9.94. The minimum Gasteiger partial charge on any atom is -0.271 e. The Morgan fingerprint density at radius 2 is 1.95 bits per heavy atom. The van der Waals surface area contributed by atoms with E-state index in [1.807, 2.05) is 0 Å². The third-order valence-electron chi connectivity index (χ3n) is 4.00. The van der Waals surface area contributed by atoms with Gasteiger partial charge in [-0.1, -0.05) is 42.0 Å². The molecule has 0 radical (unpaired) electrons. The highest BCUT2D eigenvalue weighted by Gasteiger charge is 2.15. The first-order valence-corrected chi connectivity index (χ1v) is 8.05. The van der Waals surface area contributed by atoms with Crippen molar-refractivity contribution in [1.29, 1.82) is 0 Å². The van der Waals surface area contributed by atoms with Crippen LogP contribution in [0.25, 0.3) is 10.1 Å². The SMILES string of the molecule is Cc1ccc(C)c(C(Cc2csc3ccccc23)NN)c1. The van der Waals surface area contributed by atoms with Gasteiger partial charge in [0.25, 0.3) is 0 Å². The van der Waals surface area contributed by atoms with Crippen LogP contribution in [0.1, 0.15) is 28.3 Å². The van der Waals surface area contributed by atoms with E-state index in [4.69, 9.17) is 5.84 Å². The number of hydrazine groups is 1. The fourth-order valence-corrected chi connectivity index (χ4v) is 3.78. The maximum atomic E-state index is 5.84. The van der Waals surface area contributed by atoms with Crippen molar-refractivity contribution < 1.29 is 0 Å². The second-order valence-corrected chi connectivity index (χ2v) is 6.45. The Hall–Kier alpha value is -1.68. The Labute approximate surface area is 129 Å². The Morgan fingerprint density at radius 1 is 1.14 bits per heavy atom. The van der Waals surface area contributed by atoms with Gasteiger partial charge in [-0.05, 0) is 53.8 Å². The predicted molar refractivity (Wildman–Crippen MR) is 91.5 cm³/mol. The fraction of sp³-hybridized carbons (Fsp3) is 0.222. The minimum absolute atomic E-state index is 0.142. The van der Waals surface area contributed by atoms with Gasteiger partial charge in [-0.25, -0.2) is 0 Å². The van der Waals surface area contributed by atoms with Gasteiger partial charge in [0.05, 0.1) is 6.04 Å². The van der Waals surface area contributed by atoms with Crippen LogP contribution < -0.4 is 11.3 Å². The van der Waals surface area contributed by atoms with Crippen molar-refractivity contribution in [2.24, 2.45) is 5.84 Å². The van der Waals surface area contributed by atoms with Crippen LogP contribution in [0, 0.1) is 13.8 Å². The summed E-state index contributed by atoms with van der Waals surface area (Å²) in [5, 5.41) is 3.59. The zero-order valence-corrected chi connectivity index (χ0v) is 13.2. The summed E-state index contributed by atoms with van der Waals surface area (Å²) in [7, 11) is 0. The summed E-state index contributed by atoms with van der Waals surface area (Å²) in [5.41, 5.74) is 8.19. The molecule has 108 valence electrons. The number of nitrogens with one attached hydrogen (secondary N) is 1. The molecule has 0 spiro atoms. The molecule has 0 saturated carbocycles. The number of benzene rings is 2. The molecular weight excluding hydrogens is 276 g/mol. The van der Waals surface area contributed by atoms with Gasteiger partial charge in [0.2, 0.25) is 0 Å². The van der Waals surface area contributed by atoms with Crippen LogP contribution in [-0.4, -0.2) is 0 Å². The van der Waals surface area contributed by atoms with Crippen LogP contribution in [0.5, 0.6) is 0 Å². The molecule has 0 amide bonds. The number of nitrogens with two attached hydrogens (primary N) is 1. The average molecular weight is 296 g/mol. The number of fused-ring (bicyclic) bond motifs is 1. The Balaban J connectivity index is 1.96. The molecule has 1 unspecified atom stereocenters. The van der Waals surface area contributed by atoms with Crippen LogP contribution in [0.3, 0.4) is 0 Å². The second-order valence-electron chi connectivity index (χ2n) is 5.54. The predicted octanol–water partition coefficient (Wildman–Crippen LogP) is 4.27. The van der Waals surface area contributed by atoms with E-state index in [0.717, 1.165) is 6.42 Å². The molecule has 2 nitrogen and oxygen atoms in total. The van der Waals surface area contributed by atoms with Gasteiger partial charge in [0.15, 0.2) is 0 Å². The summed E-state index contributed by atoms with van der Waals surface area (Å²) in [4.78, 5) is 0. The molecule has 3 N–H and O–H groups in total. The summed E-state index contributed by atoms with van der Waals surface area (Å²) < 4.78 is 1.34. The molecule has 0 fully saturated rings. The Morgan fingerprint density at radius 3 is 2.76 bits per heavy atom. The van der Waals surface area contributed by atoms with Gasteiger partial charge >= 0.3 is 0 Å². The molecule has 0 bridgehead atoms. The van der Waals surface area contributed by atoms with Crippen molar-refractivity contribution in [2.45, 2.75) is 26.3 Å². The maximum absolute atomic E-state index is 5.84. The first-order chi connectivity index (χ1) is 10.2. The molecule has 0 aliphatic rings. The van der Waals surface area contributed by atoms with Crippen molar-refractivity contribution in [3.05, 3.63) is 70.1 Å². The van der Waals surface area contributed by atoms with Gasteiger partial charge < -0.3 is 0 Å². The third kappa shape index (κ3) is 2.86. The van der Waals surface area contributed by atoms with E-state index in [9.17, 15) is 0 Å². The van der Waals surface area contributed by atoms with Crippen LogP contribution >= 0.6 is 11.3 Å². The molecular formula is C18H20N2S. The summed E-state index contributed by atoms with van der Waals surface area (Å²) in [6, 6.07) is 15.2. The molecule has 3 heteroatoms. The lowest BCUT2D eigenvalue weighted by molar-refractivity contribution is 0.551. The first kappa shape index (κ1) is 14.3. The number of aryl methyl sites for hydroxylation is 2. The normalized spacial score (nSPS) is 12.7. The van der Waals surface area contributed by atoms with Crippen molar-refractivity contribution >= 4 is 21.4 Å². The lowest BCUT2D eigenvalue weighted by Gasteiger charge is -2.19. The summed E-state index contributed by atoms with van der Waals surface area (Å²) in [5.74, 6) is 5.84. The standard InChI is InChI=1S/C18H20N2S/c1-12-7-8-13(2)16(9-12)17(20-19)10-14-11-21-18-6-4-3-5-15(14)18/h3-9,11,17,20H,10,19H2,1-2H3. The zero-order chi connectivity index (χ0) is 14.8. The van der Waals surface area contributed by atoms with E-state index >= 15 is 0 Å². The molecule has 1 heterocycles.